The van der Waals surface area contributed by atoms with E-state index in [0.717, 1.165) is 186 Å². The summed E-state index contributed by atoms with van der Waals surface area (Å²) in [6.07, 6.45) is 22.2. The Hall–Kier alpha value is -16.2. The normalized spacial score (nSPS) is 12.1. The topological polar surface area (TPSA) is 324 Å². The maximum absolute atomic E-state index is 13.4. The minimum Gasteiger partial charge on any atom is -0.497 e. The first-order valence-electron chi connectivity index (χ1n) is 47.5. The van der Waals surface area contributed by atoms with E-state index in [1.165, 1.54) is 44.8 Å². The molecule has 1 unspecified atom stereocenters. The number of halogens is 3. The van der Waals surface area contributed by atoms with Crippen molar-refractivity contribution in [2.45, 2.75) is 106 Å². The van der Waals surface area contributed by atoms with E-state index < -0.39 is 17.8 Å². The van der Waals surface area contributed by atoms with Crippen LogP contribution in [0.1, 0.15) is 82.1 Å². The van der Waals surface area contributed by atoms with Gasteiger partial charge in [0, 0.05) is 219 Å². The highest BCUT2D eigenvalue weighted by Crippen LogP contribution is 2.47. The van der Waals surface area contributed by atoms with Crippen LogP contribution < -0.4 is 52.8 Å². The molecule has 0 saturated heterocycles. The number of aryl methyl sites for hydroxylation is 5. The fourth-order valence-corrected chi connectivity index (χ4v) is 16.7. The third-order valence-corrected chi connectivity index (χ3v) is 24.6. The molecule has 19 rings (SSSR count). The zero-order valence-electron chi connectivity index (χ0n) is 83.9. The summed E-state index contributed by atoms with van der Waals surface area (Å²) in [5, 5.41) is 36.1. The van der Waals surface area contributed by atoms with E-state index >= 15 is 0 Å². The van der Waals surface area contributed by atoms with Crippen LogP contribution in [0.3, 0.4) is 0 Å². The number of rotatable bonds is 36. The molecule has 34 nitrogen and oxygen atoms in total. The number of hydrogen-bond acceptors (Lipinski definition) is 28. The number of fused-ring (bicyclic) bond motifs is 4. The highest BCUT2D eigenvalue weighted by Gasteiger charge is 2.43. The van der Waals surface area contributed by atoms with Gasteiger partial charge in [0.25, 0.3) is 0 Å². The smallest absolute Gasteiger partial charge is 0.418 e. The standard InChI is InChI=1S/C29H33N7O2.C27H32N6O.C26H28F3N5O3.C25H26N8O2/c1-20(2)18-34-19-22(16-32-34)29-17-30-27-7-6-23(14-28(27)33-29)35(10-11-36-21(3)8-9-31-36)24-12-25(37-4)15-26(13-24)38-5;1-5-31(2)16-20-10-23(12-24(11-20)34-4)33(17-19-6-7-19)22-8-9-25-26(13-22)30-27(15-28-25)21-14-29-32(3)18-21;1-5-6-9-34(18-11-22(36-3)24(23(12-18)37-4)25(35)26(27,28)29)17-7-8-19-20(10-17)32-21(14-30-19)16-13-31-33(2)15-16;1-17-27-16-32(30-17)7-8-33(20-9-21(34-3)12-22(10-20)35-4)19-5-6-23-24(11-19)29-25(14-26-23)18-13-28-31(2)15-18/h6-9,12-17,19-20H,10-11,18H2,1-5H3;8-15,18-19H,5-7,16-17H2,1-4H3;7-8,10-15,25,35H,5-6,9H2,1-4H3;5-6,9-16H,7-8H2,1-4H3. The fraction of sp³-hybridized carbons (Fsp3) is 0.318. The summed E-state index contributed by atoms with van der Waals surface area (Å²) >= 11 is 0. The monoisotopic (exact) mass is 1950 g/mol. The van der Waals surface area contributed by atoms with E-state index in [1.54, 1.807) is 80.7 Å². The Morgan fingerprint density at radius 2 is 0.826 bits per heavy atom. The van der Waals surface area contributed by atoms with Crippen molar-refractivity contribution >= 4 is 89.6 Å². The summed E-state index contributed by atoms with van der Waals surface area (Å²) in [5.41, 5.74) is 22.4. The lowest BCUT2D eigenvalue weighted by Crippen LogP contribution is -2.23. The van der Waals surface area contributed by atoms with Crippen molar-refractivity contribution in [3.63, 3.8) is 0 Å². The molecule has 1 aliphatic rings. The van der Waals surface area contributed by atoms with E-state index in [0.29, 0.717) is 72.6 Å². The largest absolute Gasteiger partial charge is 0.497 e. The van der Waals surface area contributed by atoms with Gasteiger partial charge in [0.15, 0.2) is 6.10 Å². The van der Waals surface area contributed by atoms with Crippen LogP contribution in [0, 0.1) is 25.7 Å². The summed E-state index contributed by atoms with van der Waals surface area (Å²) in [6, 6.07) is 47.4. The van der Waals surface area contributed by atoms with Crippen LogP contribution in [-0.4, -0.2) is 209 Å². The summed E-state index contributed by atoms with van der Waals surface area (Å²) in [5.74, 6) is 5.47. The van der Waals surface area contributed by atoms with Gasteiger partial charge in [-0.2, -0.15) is 43.8 Å². The Kier molecular flexibility index (Phi) is 31.9. The zero-order valence-corrected chi connectivity index (χ0v) is 83.9. The van der Waals surface area contributed by atoms with Crippen molar-refractivity contribution in [2.75, 3.05) is 109 Å². The summed E-state index contributed by atoms with van der Waals surface area (Å²) in [6.45, 7) is 19.5. The Morgan fingerprint density at radius 1 is 0.424 bits per heavy atom. The van der Waals surface area contributed by atoms with Crippen LogP contribution in [-0.2, 0) is 47.3 Å². The van der Waals surface area contributed by atoms with Gasteiger partial charge in [-0.3, -0.25) is 48.0 Å². The van der Waals surface area contributed by atoms with Gasteiger partial charge >= 0.3 is 6.18 Å². The van der Waals surface area contributed by atoms with Crippen molar-refractivity contribution in [1.82, 2.24) is 108 Å². The van der Waals surface area contributed by atoms with Crippen molar-refractivity contribution in [1.29, 1.82) is 0 Å². The van der Waals surface area contributed by atoms with Gasteiger partial charge in [-0.25, -0.2) is 24.9 Å². The lowest BCUT2D eigenvalue weighted by atomic mass is 10.0. The first kappa shape index (κ1) is 101. The maximum atomic E-state index is 13.4. The maximum Gasteiger partial charge on any atom is 0.418 e. The molecule has 10 heterocycles. The summed E-state index contributed by atoms with van der Waals surface area (Å²) in [7, 11) is 18.6. The van der Waals surface area contributed by atoms with Crippen LogP contribution >= 0.6 is 0 Å². The SMILES string of the molecule is CCCCN(c1cc(OC)c(C(O)C(F)(F)F)c(OC)c1)c1ccc2ncc(-c3cnn(C)c3)nc2c1.CCN(C)Cc1cc(OC)cc(N(CC2CC2)c2ccc3ncc(-c4cnn(C)c4)nc3c2)c1.COc1cc(OC)cc(N(CCn2cnc(C)n2)c2ccc3ncc(-c4cnn(C)c4)nc3c2)c1.COc1cc(OC)cc(N(CCn2nccc2C)c2ccc3ncc(-c4cnn(CC(C)C)c4)nc3c2)c1. The number of ether oxygens (including phenoxy) is 7. The molecule has 746 valence electrons. The van der Waals surface area contributed by atoms with Gasteiger partial charge in [0.1, 0.15) is 52.4 Å². The Morgan fingerprint density at radius 3 is 1.19 bits per heavy atom. The van der Waals surface area contributed by atoms with Gasteiger partial charge in [-0.1, -0.05) is 34.1 Å². The van der Waals surface area contributed by atoms with E-state index in [2.05, 4.69) is 158 Å². The first-order valence-corrected chi connectivity index (χ1v) is 47.5. The van der Waals surface area contributed by atoms with Gasteiger partial charge in [-0.05, 0) is 155 Å². The van der Waals surface area contributed by atoms with Crippen molar-refractivity contribution < 1.29 is 51.4 Å². The predicted molar refractivity (Wildman–Crippen MR) is 553 cm³/mol. The summed E-state index contributed by atoms with van der Waals surface area (Å²) in [4.78, 5) is 53.3. The highest BCUT2D eigenvalue weighted by molar-refractivity contribution is 5.87. The van der Waals surface area contributed by atoms with Crippen LogP contribution in [0.2, 0.25) is 0 Å². The van der Waals surface area contributed by atoms with Gasteiger partial charge < -0.3 is 62.8 Å². The lowest BCUT2D eigenvalue weighted by molar-refractivity contribution is -0.207. The average molecular weight is 1950 g/mol. The molecule has 1 fully saturated rings. The number of aromatic nitrogens is 21. The molecule has 0 amide bonds. The lowest BCUT2D eigenvalue weighted by Gasteiger charge is -2.28. The Balaban J connectivity index is 0.000000138. The third-order valence-electron chi connectivity index (χ3n) is 24.6. The number of unbranched alkanes of at least 4 members (excludes halogenated alkanes) is 1. The van der Waals surface area contributed by atoms with E-state index in [1.807, 2.05) is 195 Å². The zero-order chi connectivity index (χ0) is 101. The minimum atomic E-state index is -4.88. The molecule has 10 aromatic heterocycles. The number of methoxy groups -OCH3 is 7. The van der Waals surface area contributed by atoms with Gasteiger partial charge in [0.05, 0.1) is 185 Å². The molecule has 0 bridgehead atoms. The number of nitrogens with zero attached hydrogens (tertiary/aromatic N) is 26. The third kappa shape index (κ3) is 24.7. The molecule has 144 heavy (non-hydrogen) atoms. The predicted octanol–water partition coefficient (Wildman–Crippen LogP) is 19.9. The van der Waals surface area contributed by atoms with Crippen molar-refractivity contribution in [2.24, 2.45) is 33.0 Å². The Labute approximate surface area is 833 Å². The number of hydrogen-bond donors (Lipinski definition) is 1. The van der Waals surface area contributed by atoms with E-state index in [-0.39, 0.29) is 11.5 Å². The molecule has 8 aromatic carbocycles. The Bertz CT molecular complexity index is 7370. The molecule has 0 radical (unpaired) electrons. The summed E-state index contributed by atoms with van der Waals surface area (Å²) < 4.78 is 89.5. The van der Waals surface area contributed by atoms with Crippen LogP contribution in [0.15, 0.2) is 232 Å². The minimum absolute atomic E-state index is 0.125. The fourth-order valence-electron chi connectivity index (χ4n) is 16.7. The second-order valence-electron chi connectivity index (χ2n) is 35.6. The molecule has 0 aliphatic heterocycles. The average Bonchev–Trinajstić information content (AvgIpc) is 1.23. The van der Waals surface area contributed by atoms with Crippen molar-refractivity contribution in [3.8, 4) is 85.3 Å². The quantitative estimate of drug-likeness (QED) is 0.0381. The van der Waals surface area contributed by atoms with Crippen LogP contribution in [0.5, 0.6) is 40.2 Å². The molecule has 1 aliphatic carbocycles. The highest BCUT2D eigenvalue weighted by atomic mass is 19.4. The van der Waals surface area contributed by atoms with Gasteiger partial charge in [-0.15, -0.1) is 0 Å². The number of alkyl halides is 3. The second kappa shape index (κ2) is 45.6. The van der Waals surface area contributed by atoms with Crippen LogP contribution in [0.4, 0.5) is 58.7 Å². The molecular weight excluding hydrogens is 1830 g/mol. The second-order valence-corrected chi connectivity index (χ2v) is 35.6. The molecule has 18 aromatic rings. The molecule has 1 N–H and O–H groups in total. The number of anilines is 8. The molecule has 37 heteroatoms. The molecule has 0 spiro atoms. The van der Waals surface area contributed by atoms with Gasteiger partial charge in [0.2, 0.25) is 0 Å². The molecule has 1 atom stereocenters. The number of aliphatic hydroxyl groups excluding tert-OH is 1. The number of aliphatic hydroxyl groups is 1. The first-order chi connectivity index (χ1) is 69.6. The van der Waals surface area contributed by atoms with E-state index in [4.69, 9.17) is 53.1 Å². The molecular formula is C107H119F3N26O8. The van der Waals surface area contributed by atoms with E-state index in [9.17, 15) is 18.3 Å². The number of benzene rings is 8. The van der Waals surface area contributed by atoms with Crippen LogP contribution in [0.25, 0.3) is 89.2 Å². The molecule has 1 saturated carbocycles. The van der Waals surface area contributed by atoms with Crippen molar-refractivity contribution in [3.05, 3.63) is 255 Å².